The van der Waals surface area contributed by atoms with Crippen LogP contribution in [-0.4, -0.2) is 26.3 Å². The number of allylic oxidation sites excluding steroid dienone is 4. The molecule has 4 bridgehead atoms. The molecule has 0 radical (unpaired) electrons. The topological polar surface area (TPSA) is 30.5 Å². The summed E-state index contributed by atoms with van der Waals surface area (Å²) in [4.78, 5) is 2.07. The summed E-state index contributed by atoms with van der Waals surface area (Å²) in [6.07, 6.45) is 11.4. The lowest BCUT2D eigenvalue weighted by atomic mass is 9.44. The average Bonchev–Trinajstić information content (AvgIpc) is 3.44. The minimum Gasteiger partial charge on any atom is -0.488 e. The summed E-state index contributed by atoms with van der Waals surface area (Å²) in [7, 11) is 0. The highest BCUT2D eigenvalue weighted by Crippen LogP contribution is 2.69. The molecule has 5 unspecified atom stereocenters. The fourth-order valence-electron chi connectivity index (χ4n) is 11.8. The predicted octanol–water partition coefficient (Wildman–Crippen LogP) is 11.1. The number of aryl methyl sites for hydroxylation is 1. The molecule has 5 atom stereocenters. The van der Waals surface area contributed by atoms with E-state index in [0.29, 0.717) is 19.1 Å². The Balaban J connectivity index is 1.20. The second-order valence-electron chi connectivity index (χ2n) is 17.9. The maximum atomic E-state index is 6.76. The number of ether oxygens (including phenoxy) is 2. The Kier molecular flexibility index (Phi) is 8.28. The summed E-state index contributed by atoms with van der Waals surface area (Å²) in [5.74, 6) is 17.4. The number of fused-ring (bicyclic) bond motifs is 1. The number of hydrogen-bond acceptors (Lipinski definition) is 4. The zero-order chi connectivity index (χ0) is 39.3. The molecule has 2 heterocycles. The maximum absolute atomic E-state index is 6.76. The maximum Gasteiger partial charge on any atom is 0.188 e. The Morgan fingerprint density at radius 1 is 0.759 bits per heavy atom. The van der Waals surface area contributed by atoms with Crippen LogP contribution in [0.15, 0.2) is 97.1 Å². The van der Waals surface area contributed by atoms with Crippen molar-refractivity contribution in [3.63, 3.8) is 0 Å². The van der Waals surface area contributed by atoms with E-state index in [-0.39, 0.29) is 34.5 Å². The van der Waals surface area contributed by atoms with Gasteiger partial charge in [-0.3, -0.25) is 0 Å². The fraction of sp³-hybridized carbons (Fsp3) is 0.333. The van der Waals surface area contributed by atoms with E-state index in [9.17, 15) is 0 Å². The molecule has 3 nitrogen and oxygen atoms in total. The lowest BCUT2D eigenvalue weighted by Gasteiger charge is -2.58. The lowest BCUT2D eigenvalue weighted by molar-refractivity contribution is 0.119. The zero-order valence-electron chi connectivity index (χ0n) is 34.1. The van der Waals surface area contributed by atoms with Crippen LogP contribution in [0.2, 0.25) is 0 Å². The van der Waals surface area contributed by atoms with Crippen LogP contribution >= 0.6 is 11.3 Å². The molecule has 0 saturated heterocycles. The molecule has 1 aromatic heterocycles. The molecule has 288 valence electrons. The molecule has 1 N–H and O–H groups in total. The van der Waals surface area contributed by atoms with Gasteiger partial charge >= 0.3 is 0 Å². The molecule has 4 aromatic carbocycles. The monoisotopic (exact) mass is 775 g/mol. The van der Waals surface area contributed by atoms with Gasteiger partial charge in [-0.15, -0.1) is 17.3 Å². The SMILES string of the molecule is CC#CCc1c2c(c(C#Cc3sc(C)c4c3OCC(C)(CNCCC)CO4)c3c1C1c4ccccc4C3C3C=CC=CC13C)C1c3ccccc3C2c2ccccc21. The van der Waals surface area contributed by atoms with E-state index < -0.39 is 0 Å². The quantitative estimate of drug-likeness (QED) is 0.140. The third kappa shape index (κ3) is 4.98. The van der Waals surface area contributed by atoms with Crippen molar-refractivity contribution in [3.05, 3.63) is 174 Å². The van der Waals surface area contributed by atoms with Gasteiger partial charge in [-0.2, -0.15) is 0 Å². The molecule has 0 amide bonds. The highest BCUT2D eigenvalue weighted by Gasteiger charge is 2.58. The Labute approximate surface area is 347 Å². The van der Waals surface area contributed by atoms with Crippen molar-refractivity contribution in [3.8, 4) is 35.2 Å². The molecule has 5 aromatic rings. The summed E-state index contributed by atoms with van der Waals surface area (Å²) < 4.78 is 13.4. The number of benzene rings is 4. The first-order valence-corrected chi connectivity index (χ1v) is 22.0. The molecule has 1 aliphatic heterocycles. The molecule has 58 heavy (non-hydrogen) atoms. The van der Waals surface area contributed by atoms with E-state index in [1.54, 1.807) is 11.3 Å². The molecule has 0 saturated carbocycles. The van der Waals surface area contributed by atoms with Crippen molar-refractivity contribution in [2.75, 3.05) is 26.3 Å². The van der Waals surface area contributed by atoms with Gasteiger partial charge in [0.15, 0.2) is 11.5 Å². The van der Waals surface area contributed by atoms with Gasteiger partial charge in [0.05, 0.1) is 13.2 Å². The van der Waals surface area contributed by atoms with E-state index in [0.717, 1.165) is 47.2 Å². The van der Waals surface area contributed by atoms with Gasteiger partial charge in [0.1, 0.15) is 4.88 Å². The fourth-order valence-corrected chi connectivity index (χ4v) is 12.7. The largest absolute Gasteiger partial charge is 0.488 e. The summed E-state index contributed by atoms with van der Waals surface area (Å²) in [6, 6.07) is 27.7. The summed E-state index contributed by atoms with van der Waals surface area (Å²) in [6.45, 7) is 14.1. The van der Waals surface area contributed by atoms with E-state index in [1.165, 1.54) is 66.8 Å². The third-order valence-corrected chi connectivity index (χ3v) is 15.2. The number of nitrogens with one attached hydrogen (secondary N) is 1. The Morgan fingerprint density at radius 3 is 2.07 bits per heavy atom. The predicted molar refractivity (Wildman–Crippen MR) is 236 cm³/mol. The number of rotatable bonds is 5. The van der Waals surface area contributed by atoms with Crippen molar-refractivity contribution in [2.24, 2.45) is 16.7 Å². The van der Waals surface area contributed by atoms with Gasteiger partial charge in [0.25, 0.3) is 0 Å². The minimum absolute atomic E-state index is 0.0798. The Hall–Kier alpha value is -5.26. The molecule has 0 fully saturated rings. The van der Waals surface area contributed by atoms with Gasteiger partial charge < -0.3 is 14.8 Å². The first-order chi connectivity index (χ1) is 28.4. The molecule has 8 aliphatic rings. The van der Waals surface area contributed by atoms with Gasteiger partial charge in [-0.25, -0.2) is 0 Å². The third-order valence-electron chi connectivity index (χ3n) is 14.2. The van der Waals surface area contributed by atoms with Crippen LogP contribution in [0.4, 0.5) is 0 Å². The van der Waals surface area contributed by atoms with Crippen LogP contribution in [-0.2, 0) is 6.42 Å². The van der Waals surface area contributed by atoms with Crippen molar-refractivity contribution < 1.29 is 9.47 Å². The molecule has 4 heteroatoms. The van der Waals surface area contributed by atoms with Gasteiger partial charge in [0.2, 0.25) is 0 Å². The van der Waals surface area contributed by atoms with E-state index in [1.807, 2.05) is 6.92 Å². The summed E-state index contributed by atoms with van der Waals surface area (Å²) in [5, 5.41) is 3.61. The van der Waals surface area contributed by atoms with Crippen LogP contribution in [0.1, 0.15) is 134 Å². The van der Waals surface area contributed by atoms with Gasteiger partial charge in [-0.1, -0.05) is 130 Å². The van der Waals surface area contributed by atoms with Crippen LogP contribution in [0.5, 0.6) is 11.5 Å². The van der Waals surface area contributed by atoms with Crippen molar-refractivity contribution >= 4 is 11.3 Å². The lowest BCUT2D eigenvalue weighted by Crippen LogP contribution is -2.48. The Morgan fingerprint density at radius 2 is 1.40 bits per heavy atom. The average molecular weight is 776 g/mol. The smallest absolute Gasteiger partial charge is 0.188 e. The van der Waals surface area contributed by atoms with E-state index >= 15 is 0 Å². The van der Waals surface area contributed by atoms with E-state index in [2.05, 4.69) is 154 Å². The normalized spacial score (nSPS) is 26.7. The van der Waals surface area contributed by atoms with Crippen molar-refractivity contribution in [1.29, 1.82) is 0 Å². The second kappa shape index (κ2) is 13.4. The molecular weight excluding hydrogens is 727 g/mol. The highest BCUT2D eigenvalue weighted by molar-refractivity contribution is 7.13. The Bertz CT molecular complexity index is 2700. The van der Waals surface area contributed by atoms with Crippen LogP contribution in [0, 0.1) is 47.4 Å². The summed E-state index contributed by atoms with van der Waals surface area (Å²) >= 11 is 1.71. The highest BCUT2D eigenvalue weighted by atomic mass is 32.1. The molecular formula is C54H49NO2S. The molecule has 13 rings (SSSR count). The number of thiophene rings is 1. The van der Waals surface area contributed by atoms with E-state index in [4.69, 9.17) is 9.47 Å². The molecule has 0 spiro atoms. The van der Waals surface area contributed by atoms with Crippen molar-refractivity contribution in [1.82, 2.24) is 5.32 Å². The number of hydrogen-bond donors (Lipinski definition) is 1. The second-order valence-corrected chi connectivity index (χ2v) is 19.1. The minimum atomic E-state index is -0.139. The standard InChI is InChI=1S/C54H49NO2S/c1-6-8-17-39-46-43-33-18-9-11-20-35(33)44(36-21-12-10-19-34(36)43)47(46)40(25-26-42-52-51(32(3)58-42)56-30-53(4,31-57-52)29-55-28-7-2)48-45-37-22-13-14-23-38(37)50(49(39)48)54(5)27-16-15-24-41(45)54/h9-16,18-24,27,41,43-45,50,55H,7,17,28-31H2,1-5H3. The summed E-state index contributed by atoms with van der Waals surface area (Å²) in [5.41, 5.74) is 16.8. The molecule has 7 aliphatic carbocycles. The van der Waals surface area contributed by atoms with Crippen molar-refractivity contribution in [2.45, 2.75) is 71.1 Å². The first kappa shape index (κ1) is 35.9. The van der Waals surface area contributed by atoms with Crippen LogP contribution in [0.3, 0.4) is 0 Å². The first-order valence-electron chi connectivity index (χ1n) is 21.2. The zero-order valence-corrected chi connectivity index (χ0v) is 34.9. The van der Waals surface area contributed by atoms with Gasteiger partial charge in [-0.05, 0) is 99.8 Å². The van der Waals surface area contributed by atoms with Crippen LogP contribution < -0.4 is 14.8 Å². The van der Waals surface area contributed by atoms with Crippen LogP contribution in [0.25, 0.3) is 0 Å². The van der Waals surface area contributed by atoms with Gasteiger partial charge in [0, 0.05) is 57.9 Å².